The van der Waals surface area contributed by atoms with Crippen LogP contribution >= 0.6 is 15.9 Å². The zero-order chi connectivity index (χ0) is 11.3. The molecule has 0 fully saturated rings. The minimum atomic E-state index is -0.0912. The van der Waals surface area contributed by atoms with Gasteiger partial charge in [-0.25, -0.2) is 0 Å². The minimum Gasteiger partial charge on any atom is -0.398 e. The number of nitrogens with one attached hydrogen (secondary N) is 1. The van der Waals surface area contributed by atoms with Crippen LogP contribution in [0.1, 0.15) is 12.5 Å². The van der Waals surface area contributed by atoms with Crippen molar-refractivity contribution in [2.75, 3.05) is 12.3 Å². The molecule has 0 heterocycles. The number of rotatable bonds is 1. The average molecular weight is 267 g/mol. The molecule has 1 rings (SSSR count). The number of benzene rings is 1. The summed E-state index contributed by atoms with van der Waals surface area (Å²) >= 11 is 3.34. The van der Waals surface area contributed by atoms with E-state index in [9.17, 15) is 4.79 Å². The molecule has 0 radical (unpaired) electrons. The molecule has 0 bridgehead atoms. The molecule has 0 spiro atoms. The number of hydrogen-bond acceptors (Lipinski definition) is 2. The smallest absolute Gasteiger partial charge is 0.217 e. The second-order valence-electron chi connectivity index (χ2n) is 2.94. The summed E-state index contributed by atoms with van der Waals surface area (Å²) in [6, 6.07) is 5.48. The molecule has 0 unspecified atom stereocenters. The molecule has 0 saturated carbocycles. The summed E-state index contributed by atoms with van der Waals surface area (Å²) in [5.74, 6) is 5.62. The van der Waals surface area contributed by atoms with E-state index < -0.39 is 0 Å². The van der Waals surface area contributed by atoms with Crippen molar-refractivity contribution in [2.24, 2.45) is 0 Å². The van der Waals surface area contributed by atoms with Crippen molar-refractivity contribution in [1.82, 2.24) is 5.32 Å². The Morgan fingerprint density at radius 1 is 1.60 bits per heavy atom. The fraction of sp³-hybridized carbons (Fsp3) is 0.182. The maximum Gasteiger partial charge on any atom is 0.217 e. The van der Waals surface area contributed by atoms with E-state index in [1.807, 2.05) is 12.1 Å². The van der Waals surface area contributed by atoms with Crippen molar-refractivity contribution in [1.29, 1.82) is 0 Å². The number of halogens is 1. The second kappa shape index (κ2) is 5.42. The highest BCUT2D eigenvalue weighted by Gasteiger charge is 1.95. The number of nitrogen functional groups attached to an aromatic ring is 1. The molecular formula is C11H11BrN2O. The van der Waals surface area contributed by atoms with E-state index >= 15 is 0 Å². The van der Waals surface area contributed by atoms with Gasteiger partial charge >= 0.3 is 0 Å². The fourth-order valence-electron chi connectivity index (χ4n) is 0.945. The van der Waals surface area contributed by atoms with Gasteiger partial charge in [-0.3, -0.25) is 4.79 Å². The van der Waals surface area contributed by atoms with Crippen LogP contribution in [0.5, 0.6) is 0 Å². The van der Waals surface area contributed by atoms with Gasteiger partial charge in [0.2, 0.25) is 5.91 Å². The first-order valence-electron chi connectivity index (χ1n) is 4.38. The first-order valence-corrected chi connectivity index (χ1v) is 5.17. The molecule has 3 nitrogen and oxygen atoms in total. The van der Waals surface area contributed by atoms with Gasteiger partial charge in [0.1, 0.15) is 0 Å². The van der Waals surface area contributed by atoms with Gasteiger partial charge in [0, 0.05) is 22.6 Å². The van der Waals surface area contributed by atoms with Gasteiger partial charge < -0.3 is 11.1 Å². The molecule has 3 N–H and O–H groups in total. The maximum absolute atomic E-state index is 10.6. The topological polar surface area (TPSA) is 55.1 Å². The maximum atomic E-state index is 10.6. The molecule has 1 aromatic rings. The quantitative estimate of drug-likeness (QED) is 0.598. The zero-order valence-corrected chi connectivity index (χ0v) is 9.89. The van der Waals surface area contributed by atoms with Crippen molar-refractivity contribution in [3.05, 3.63) is 28.2 Å². The molecule has 4 heteroatoms. The van der Waals surface area contributed by atoms with Gasteiger partial charge in [0.05, 0.1) is 6.54 Å². The lowest BCUT2D eigenvalue weighted by molar-refractivity contribution is -0.118. The van der Waals surface area contributed by atoms with Gasteiger partial charge in [-0.15, -0.1) is 0 Å². The third-order valence-electron chi connectivity index (χ3n) is 1.66. The Kier molecular flexibility index (Phi) is 4.19. The van der Waals surface area contributed by atoms with E-state index in [1.54, 1.807) is 6.07 Å². The number of carbonyl (C=O) groups is 1. The van der Waals surface area contributed by atoms with Crippen molar-refractivity contribution in [2.45, 2.75) is 6.92 Å². The van der Waals surface area contributed by atoms with E-state index in [0.717, 1.165) is 10.0 Å². The van der Waals surface area contributed by atoms with Gasteiger partial charge in [0.15, 0.2) is 0 Å². The summed E-state index contributed by atoms with van der Waals surface area (Å²) in [5.41, 5.74) is 7.11. The molecule has 0 aliphatic carbocycles. The second-order valence-corrected chi connectivity index (χ2v) is 3.86. The summed E-state index contributed by atoms with van der Waals surface area (Å²) in [5, 5.41) is 2.58. The Balaban J connectivity index is 2.71. The third kappa shape index (κ3) is 4.05. The Bertz CT molecular complexity index is 432. The van der Waals surface area contributed by atoms with E-state index in [-0.39, 0.29) is 5.91 Å². The molecule has 1 amide bonds. The highest BCUT2D eigenvalue weighted by molar-refractivity contribution is 9.10. The Hall–Kier alpha value is -1.47. The molecule has 0 atom stereocenters. The first kappa shape index (κ1) is 11.6. The predicted molar refractivity (Wildman–Crippen MR) is 64.1 cm³/mol. The molecular weight excluding hydrogens is 256 g/mol. The lowest BCUT2D eigenvalue weighted by Gasteiger charge is -1.98. The Labute approximate surface area is 97.2 Å². The monoisotopic (exact) mass is 266 g/mol. The van der Waals surface area contributed by atoms with Crippen molar-refractivity contribution in [3.63, 3.8) is 0 Å². The van der Waals surface area contributed by atoms with Crippen LogP contribution in [0.4, 0.5) is 5.69 Å². The number of carbonyl (C=O) groups excluding carboxylic acids is 1. The van der Waals surface area contributed by atoms with E-state index in [4.69, 9.17) is 5.73 Å². The van der Waals surface area contributed by atoms with E-state index in [2.05, 4.69) is 33.1 Å². The average Bonchev–Trinajstić information content (AvgIpc) is 2.17. The lowest BCUT2D eigenvalue weighted by atomic mass is 10.2. The molecule has 0 saturated heterocycles. The van der Waals surface area contributed by atoms with Crippen LogP contribution in [-0.4, -0.2) is 12.5 Å². The fourth-order valence-corrected chi connectivity index (χ4v) is 1.31. The number of amides is 1. The SMILES string of the molecule is CC(=O)NCC#Cc1cc(Br)ccc1N. The van der Waals surface area contributed by atoms with Gasteiger partial charge in [-0.2, -0.15) is 0 Å². The van der Waals surface area contributed by atoms with Gasteiger partial charge in [-0.1, -0.05) is 27.8 Å². The zero-order valence-electron chi connectivity index (χ0n) is 8.30. The van der Waals surface area contributed by atoms with E-state index in [1.165, 1.54) is 6.92 Å². The highest BCUT2D eigenvalue weighted by atomic mass is 79.9. The largest absolute Gasteiger partial charge is 0.398 e. The van der Waals surface area contributed by atoms with Crippen LogP contribution in [0, 0.1) is 11.8 Å². The number of nitrogens with two attached hydrogens (primary N) is 1. The van der Waals surface area contributed by atoms with Crippen molar-refractivity contribution < 1.29 is 4.79 Å². The molecule has 1 aromatic carbocycles. The van der Waals surface area contributed by atoms with Crippen LogP contribution in [0.3, 0.4) is 0 Å². The van der Waals surface area contributed by atoms with Crippen molar-refractivity contribution in [3.8, 4) is 11.8 Å². The molecule has 15 heavy (non-hydrogen) atoms. The first-order chi connectivity index (χ1) is 7.09. The van der Waals surface area contributed by atoms with E-state index in [0.29, 0.717) is 12.2 Å². The van der Waals surface area contributed by atoms with Crippen LogP contribution in [0.25, 0.3) is 0 Å². The highest BCUT2D eigenvalue weighted by Crippen LogP contribution is 2.16. The minimum absolute atomic E-state index is 0.0912. The van der Waals surface area contributed by atoms with Crippen LogP contribution in [0.15, 0.2) is 22.7 Å². The van der Waals surface area contributed by atoms with Crippen LogP contribution < -0.4 is 11.1 Å². The van der Waals surface area contributed by atoms with Gasteiger partial charge in [0.25, 0.3) is 0 Å². The van der Waals surface area contributed by atoms with Gasteiger partial charge in [-0.05, 0) is 18.2 Å². The summed E-state index contributed by atoms with van der Waals surface area (Å²) in [6.45, 7) is 1.79. The number of hydrogen-bond donors (Lipinski definition) is 2. The Morgan fingerprint density at radius 2 is 2.33 bits per heavy atom. The molecule has 0 aliphatic heterocycles. The number of anilines is 1. The lowest BCUT2D eigenvalue weighted by Crippen LogP contribution is -2.19. The standard InChI is InChI=1S/C11H11BrN2O/c1-8(15)14-6-2-3-9-7-10(12)4-5-11(9)13/h4-5,7H,6,13H2,1H3,(H,14,15). The summed E-state index contributed by atoms with van der Waals surface area (Å²) < 4.78 is 0.931. The Morgan fingerprint density at radius 3 is 3.00 bits per heavy atom. The molecule has 0 aromatic heterocycles. The molecule has 0 aliphatic rings. The van der Waals surface area contributed by atoms with Crippen LogP contribution in [-0.2, 0) is 4.79 Å². The van der Waals surface area contributed by atoms with Crippen LogP contribution in [0.2, 0.25) is 0 Å². The normalized spacial score (nSPS) is 8.93. The summed E-state index contributed by atoms with van der Waals surface area (Å²) in [6.07, 6.45) is 0. The van der Waals surface area contributed by atoms with Crippen molar-refractivity contribution >= 4 is 27.5 Å². The third-order valence-corrected chi connectivity index (χ3v) is 2.16. The summed E-state index contributed by atoms with van der Waals surface area (Å²) in [4.78, 5) is 10.6. The summed E-state index contributed by atoms with van der Waals surface area (Å²) in [7, 11) is 0. The molecule has 78 valence electrons. The predicted octanol–water partition coefficient (Wildman–Crippen LogP) is 1.52.